The summed E-state index contributed by atoms with van der Waals surface area (Å²) in [5, 5.41) is 2.78. The summed E-state index contributed by atoms with van der Waals surface area (Å²) in [7, 11) is 1.34. The molecule has 3 atom stereocenters. The van der Waals surface area contributed by atoms with Crippen LogP contribution in [-0.4, -0.2) is 50.3 Å². The number of hydrogen-bond acceptors (Lipinski definition) is 6. The average molecular weight is 490 g/mol. The van der Waals surface area contributed by atoms with Crippen molar-refractivity contribution < 1.29 is 23.8 Å². The maximum Gasteiger partial charge on any atom is 0.328 e. The molecule has 1 amide bonds. The van der Waals surface area contributed by atoms with E-state index >= 15 is 0 Å². The molecule has 0 radical (unpaired) electrons. The van der Waals surface area contributed by atoms with Crippen LogP contribution in [0.2, 0.25) is 0 Å². The number of rotatable bonds is 12. The molecule has 1 aliphatic carbocycles. The molecule has 3 unspecified atom stereocenters. The fraction of sp³-hybridized carbons (Fsp3) is 0.630. The molecule has 1 aromatic carbocycles. The van der Waals surface area contributed by atoms with Crippen molar-refractivity contribution in [3.05, 3.63) is 34.9 Å². The number of amides is 1. The SMILES string of the molecule is CCCCCc1cc(OCC(=O)NC(CCSC)C(=O)OC)c2c(c1)OCC1CCC(C)=CC21. The lowest BCUT2D eigenvalue weighted by atomic mass is 9.75. The molecular weight excluding hydrogens is 450 g/mol. The van der Waals surface area contributed by atoms with Crippen LogP contribution in [0, 0.1) is 5.92 Å². The van der Waals surface area contributed by atoms with Gasteiger partial charge in [-0.15, -0.1) is 0 Å². The number of benzene rings is 1. The van der Waals surface area contributed by atoms with E-state index in [1.807, 2.05) is 6.26 Å². The van der Waals surface area contributed by atoms with Crippen molar-refractivity contribution in [3.63, 3.8) is 0 Å². The molecule has 0 bridgehead atoms. The molecule has 188 valence electrons. The van der Waals surface area contributed by atoms with Crippen molar-refractivity contribution in [3.8, 4) is 11.5 Å². The van der Waals surface area contributed by atoms with Crippen LogP contribution in [0.4, 0.5) is 0 Å². The minimum absolute atomic E-state index is 0.155. The Morgan fingerprint density at radius 1 is 1.29 bits per heavy atom. The third kappa shape index (κ3) is 6.94. The van der Waals surface area contributed by atoms with Gasteiger partial charge in [-0.3, -0.25) is 4.79 Å². The maximum atomic E-state index is 12.7. The summed E-state index contributed by atoms with van der Waals surface area (Å²) in [6, 6.07) is 3.57. The number of hydrogen-bond donors (Lipinski definition) is 1. The number of carbonyl (C=O) groups excluding carboxylic acids is 2. The lowest BCUT2D eigenvalue weighted by Crippen LogP contribution is -2.44. The van der Waals surface area contributed by atoms with Gasteiger partial charge in [-0.1, -0.05) is 31.4 Å². The van der Waals surface area contributed by atoms with Crippen molar-refractivity contribution in [1.82, 2.24) is 5.32 Å². The van der Waals surface area contributed by atoms with E-state index in [4.69, 9.17) is 14.2 Å². The van der Waals surface area contributed by atoms with Gasteiger partial charge < -0.3 is 19.5 Å². The molecule has 0 spiro atoms. The molecule has 0 fully saturated rings. The molecule has 1 aliphatic heterocycles. The van der Waals surface area contributed by atoms with Crippen LogP contribution in [-0.2, 0) is 20.7 Å². The third-order valence-corrected chi connectivity index (χ3v) is 7.33. The van der Waals surface area contributed by atoms with Gasteiger partial charge >= 0.3 is 5.97 Å². The van der Waals surface area contributed by atoms with Crippen LogP contribution >= 0.6 is 11.8 Å². The summed E-state index contributed by atoms with van der Waals surface area (Å²) in [5.41, 5.74) is 3.61. The zero-order valence-corrected chi connectivity index (χ0v) is 21.8. The van der Waals surface area contributed by atoms with Crippen LogP contribution < -0.4 is 14.8 Å². The number of thioether (sulfide) groups is 1. The van der Waals surface area contributed by atoms with E-state index in [2.05, 4.69) is 37.4 Å². The van der Waals surface area contributed by atoms with Gasteiger partial charge in [0.05, 0.1) is 13.7 Å². The molecule has 7 heteroatoms. The number of unbranched alkanes of at least 4 members (excludes halogenated alkanes) is 2. The number of ether oxygens (including phenoxy) is 3. The summed E-state index contributed by atoms with van der Waals surface area (Å²) in [6.07, 6.45) is 11.4. The molecule has 1 heterocycles. The molecule has 1 N–H and O–H groups in total. The first-order chi connectivity index (χ1) is 16.5. The van der Waals surface area contributed by atoms with Gasteiger partial charge in [0.1, 0.15) is 17.5 Å². The largest absolute Gasteiger partial charge is 0.493 e. The van der Waals surface area contributed by atoms with Crippen LogP contribution in [0.1, 0.15) is 69.4 Å². The summed E-state index contributed by atoms with van der Waals surface area (Å²) in [5.74, 6) is 2.25. The molecule has 34 heavy (non-hydrogen) atoms. The van der Waals surface area contributed by atoms with E-state index in [9.17, 15) is 9.59 Å². The quantitative estimate of drug-likeness (QED) is 0.252. The van der Waals surface area contributed by atoms with Crippen LogP contribution in [0.25, 0.3) is 0 Å². The number of carbonyl (C=O) groups is 2. The molecule has 2 aliphatic rings. The smallest absolute Gasteiger partial charge is 0.328 e. The number of fused-ring (bicyclic) bond motifs is 3. The second-order valence-electron chi connectivity index (χ2n) is 9.32. The van der Waals surface area contributed by atoms with Gasteiger partial charge in [0.2, 0.25) is 0 Å². The maximum absolute atomic E-state index is 12.7. The Labute approximate surface area is 208 Å². The van der Waals surface area contributed by atoms with Gasteiger partial charge in [0, 0.05) is 17.4 Å². The predicted molar refractivity (Wildman–Crippen MR) is 137 cm³/mol. The normalized spacial score (nSPS) is 19.7. The lowest BCUT2D eigenvalue weighted by molar-refractivity contribution is -0.145. The Hall–Kier alpha value is -2.15. The van der Waals surface area contributed by atoms with E-state index in [0.717, 1.165) is 61.5 Å². The molecule has 0 saturated carbocycles. The van der Waals surface area contributed by atoms with Gasteiger partial charge in [-0.2, -0.15) is 11.8 Å². The first-order valence-electron chi connectivity index (χ1n) is 12.4. The average Bonchev–Trinajstić information content (AvgIpc) is 2.84. The highest BCUT2D eigenvalue weighted by Crippen LogP contribution is 2.48. The highest BCUT2D eigenvalue weighted by Gasteiger charge is 2.35. The minimum Gasteiger partial charge on any atom is -0.493 e. The van der Waals surface area contributed by atoms with Crippen molar-refractivity contribution >= 4 is 23.6 Å². The minimum atomic E-state index is -0.667. The Morgan fingerprint density at radius 3 is 2.85 bits per heavy atom. The van der Waals surface area contributed by atoms with E-state index < -0.39 is 12.0 Å². The topological polar surface area (TPSA) is 73.9 Å². The molecule has 6 nitrogen and oxygen atoms in total. The molecular formula is C27H39NO5S. The first-order valence-corrected chi connectivity index (χ1v) is 13.8. The zero-order chi connectivity index (χ0) is 24.5. The Balaban J connectivity index is 1.80. The lowest BCUT2D eigenvalue weighted by Gasteiger charge is -2.36. The highest BCUT2D eigenvalue weighted by atomic mass is 32.2. The van der Waals surface area contributed by atoms with Crippen LogP contribution in [0.3, 0.4) is 0 Å². The molecule has 1 aromatic rings. The van der Waals surface area contributed by atoms with Gasteiger partial charge in [-0.05, 0) is 68.7 Å². The Bertz CT molecular complexity index is 884. The van der Waals surface area contributed by atoms with Crippen molar-refractivity contribution in [2.45, 2.75) is 70.8 Å². The predicted octanol–water partition coefficient (Wildman–Crippen LogP) is 5.04. The van der Waals surface area contributed by atoms with Gasteiger partial charge in [-0.25, -0.2) is 4.79 Å². The molecule has 0 saturated heterocycles. The fourth-order valence-corrected chi connectivity index (χ4v) is 5.25. The number of methoxy groups -OCH3 is 1. The number of nitrogens with one attached hydrogen (secondary N) is 1. The fourth-order valence-electron chi connectivity index (χ4n) is 4.77. The van der Waals surface area contributed by atoms with Gasteiger partial charge in [0.15, 0.2) is 6.61 Å². The summed E-state index contributed by atoms with van der Waals surface area (Å²) in [6.45, 7) is 4.94. The number of allylic oxidation sites excluding steroid dienone is 2. The monoisotopic (exact) mass is 489 g/mol. The second kappa shape index (κ2) is 13.1. The first kappa shape index (κ1) is 26.5. The van der Waals surface area contributed by atoms with Gasteiger partial charge in [0.25, 0.3) is 5.91 Å². The van der Waals surface area contributed by atoms with Crippen molar-refractivity contribution in [1.29, 1.82) is 0 Å². The van der Waals surface area contributed by atoms with Crippen LogP contribution in [0.15, 0.2) is 23.8 Å². The van der Waals surface area contributed by atoms with Crippen LogP contribution in [0.5, 0.6) is 11.5 Å². The van der Waals surface area contributed by atoms with E-state index in [1.54, 1.807) is 11.8 Å². The second-order valence-corrected chi connectivity index (χ2v) is 10.3. The molecule has 0 aromatic heterocycles. The van der Waals surface area contributed by atoms with Crippen molar-refractivity contribution in [2.24, 2.45) is 5.92 Å². The standard InChI is InChI=1S/C27H39NO5S/c1-5-6-7-8-19-14-23-26(21-13-18(2)9-10-20(21)16-32-23)24(15-19)33-17-25(29)28-22(11-12-34-4)27(30)31-3/h13-15,20-22H,5-12,16-17H2,1-4H3,(H,28,29). The number of esters is 1. The summed E-state index contributed by atoms with van der Waals surface area (Å²) in [4.78, 5) is 24.8. The summed E-state index contributed by atoms with van der Waals surface area (Å²) >= 11 is 1.62. The highest BCUT2D eigenvalue weighted by molar-refractivity contribution is 7.98. The Kier molecular flexibility index (Phi) is 10.2. The summed E-state index contributed by atoms with van der Waals surface area (Å²) < 4.78 is 17.2. The molecule has 3 rings (SSSR count). The van der Waals surface area contributed by atoms with E-state index in [-0.39, 0.29) is 18.4 Å². The van der Waals surface area contributed by atoms with E-state index in [1.165, 1.54) is 24.7 Å². The van der Waals surface area contributed by atoms with Crippen molar-refractivity contribution in [2.75, 3.05) is 32.3 Å². The van der Waals surface area contributed by atoms with E-state index in [0.29, 0.717) is 12.3 Å². The zero-order valence-electron chi connectivity index (χ0n) is 21.0. The number of aryl methyl sites for hydroxylation is 1. The Morgan fingerprint density at radius 2 is 2.12 bits per heavy atom. The third-order valence-electron chi connectivity index (χ3n) is 6.69.